The molecule has 0 aromatic heterocycles. The highest BCUT2D eigenvalue weighted by Gasteiger charge is 2.42. The highest BCUT2D eigenvalue weighted by molar-refractivity contribution is 5.78. The van der Waals surface area contributed by atoms with Gasteiger partial charge in [-0.15, -0.1) is 0 Å². The summed E-state index contributed by atoms with van der Waals surface area (Å²) in [4.78, 5) is 2.52. The molecular weight excluding hydrogens is 365 g/mol. The Balaban J connectivity index is 1.68. The van der Waals surface area contributed by atoms with Crippen LogP contribution in [-0.4, -0.2) is 32.8 Å². The molecule has 6 heteroatoms. The maximum absolute atomic E-state index is 13.8. The molecule has 3 heterocycles. The van der Waals surface area contributed by atoms with Gasteiger partial charge in [0, 0.05) is 30.7 Å². The number of nitrogens with one attached hydrogen (secondary N) is 1. The van der Waals surface area contributed by atoms with Gasteiger partial charge in [-0.2, -0.15) is 13.2 Å². The van der Waals surface area contributed by atoms with Gasteiger partial charge in [0.05, 0.1) is 12.7 Å². The number of ether oxygens (including phenoxy) is 1. The van der Waals surface area contributed by atoms with Gasteiger partial charge < -0.3 is 15.0 Å². The van der Waals surface area contributed by atoms with Crippen LogP contribution in [0.5, 0.6) is 5.75 Å². The molecule has 3 aliphatic heterocycles. The van der Waals surface area contributed by atoms with Gasteiger partial charge in [-0.25, -0.2) is 0 Å². The minimum Gasteiger partial charge on any atom is -0.497 e. The van der Waals surface area contributed by atoms with E-state index in [4.69, 9.17) is 4.74 Å². The van der Waals surface area contributed by atoms with Gasteiger partial charge in [0.25, 0.3) is 0 Å². The summed E-state index contributed by atoms with van der Waals surface area (Å²) in [5.74, 6) is 0.578. The predicted molar refractivity (Wildman–Crippen MR) is 103 cm³/mol. The van der Waals surface area contributed by atoms with E-state index < -0.39 is 11.7 Å². The summed E-state index contributed by atoms with van der Waals surface area (Å²) in [7, 11) is 1.39. The molecule has 2 aromatic rings. The van der Waals surface area contributed by atoms with Crippen LogP contribution in [0.4, 0.5) is 18.9 Å². The van der Waals surface area contributed by atoms with Crippen molar-refractivity contribution in [3.8, 4) is 16.9 Å². The van der Waals surface area contributed by atoms with Crippen molar-refractivity contribution in [2.75, 3.05) is 31.6 Å². The number of alkyl halides is 3. The number of hydrogen-bond acceptors (Lipinski definition) is 3. The van der Waals surface area contributed by atoms with Crippen LogP contribution in [0.3, 0.4) is 0 Å². The van der Waals surface area contributed by atoms with Crippen molar-refractivity contribution in [3.05, 3.63) is 47.0 Å². The van der Waals surface area contributed by atoms with Crippen molar-refractivity contribution < 1.29 is 17.9 Å². The van der Waals surface area contributed by atoms with E-state index in [0.29, 0.717) is 17.5 Å². The van der Waals surface area contributed by atoms with E-state index in [1.54, 1.807) is 12.1 Å². The van der Waals surface area contributed by atoms with Crippen LogP contribution in [0.15, 0.2) is 30.3 Å². The molecule has 0 saturated carbocycles. The van der Waals surface area contributed by atoms with E-state index in [0.717, 1.165) is 45.0 Å². The second-order valence-corrected chi connectivity index (χ2v) is 7.95. The number of piperidine rings is 1. The Morgan fingerprint density at radius 3 is 2.82 bits per heavy atom. The molecule has 0 spiro atoms. The highest BCUT2D eigenvalue weighted by Crippen LogP contribution is 2.50. The smallest absolute Gasteiger partial charge is 0.417 e. The topological polar surface area (TPSA) is 24.5 Å². The van der Waals surface area contributed by atoms with Gasteiger partial charge in [-0.3, -0.25) is 0 Å². The first kappa shape index (κ1) is 17.9. The third-order valence-corrected chi connectivity index (χ3v) is 6.44. The van der Waals surface area contributed by atoms with Crippen molar-refractivity contribution in [2.45, 2.75) is 37.4 Å². The maximum Gasteiger partial charge on any atom is 0.417 e. The fourth-order valence-electron chi connectivity index (χ4n) is 5.25. The highest BCUT2D eigenvalue weighted by atomic mass is 19.4. The zero-order chi connectivity index (χ0) is 19.5. The first-order chi connectivity index (χ1) is 13.5. The van der Waals surface area contributed by atoms with Gasteiger partial charge in [0.2, 0.25) is 0 Å². The summed E-state index contributed by atoms with van der Waals surface area (Å²) in [6, 6.07) is 8.72. The number of nitrogens with zero attached hydrogens (tertiary/aromatic N) is 1. The monoisotopic (exact) mass is 388 g/mol. The van der Waals surface area contributed by atoms with Crippen LogP contribution >= 0.6 is 0 Å². The molecule has 0 aliphatic carbocycles. The normalized spacial score (nSPS) is 23.4. The molecule has 1 saturated heterocycles. The summed E-state index contributed by atoms with van der Waals surface area (Å²) in [5.41, 5.74) is 3.96. The lowest BCUT2D eigenvalue weighted by Crippen LogP contribution is -2.45. The number of aryl methyl sites for hydroxylation is 1. The molecule has 28 heavy (non-hydrogen) atoms. The molecule has 0 amide bonds. The van der Waals surface area contributed by atoms with Crippen molar-refractivity contribution in [1.29, 1.82) is 0 Å². The van der Waals surface area contributed by atoms with Crippen molar-refractivity contribution in [3.63, 3.8) is 0 Å². The van der Waals surface area contributed by atoms with Gasteiger partial charge in [-0.05, 0) is 72.3 Å². The molecule has 0 bridgehead atoms. The number of halogens is 3. The molecule has 148 valence electrons. The average molecular weight is 388 g/mol. The number of methoxy groups -OCH3 is 1. The maximum atomic E-state index is 13.8. The Morgan fingerprint density at radius 2 is 2.04 bits per heavy atom. The second kappa shape index (κ2) is 6.41. The van der Waals surface area contributed by atoms with E-state index in [1.807, 2.05) is 12.1 Å². The SMILES string of the molecule is COc1ccc(-c2cc3c4c(c2)[C@H]2CNCC[C@H]2N4CCC3)c(C(F)(F)F)c1. The number of rotatable bonds is 2. The zero-order valence-electron chi connectivity index (χ0n) is 15.8. The third kappa shape index (κ3) is 2.69. The largest absolute Gasteiger partial charge is 0.497 e. The Labute approximate surface area is 162 Å². The van der Waals surface area contributed by atoms with Gasteiger partial charge >= 0.3 is 6.18 Å². The van der Waals surface area contributed by atoms with Crippen LogP contribution < -0.4 is 15.0 Å². The summed E-state index contributed by atoms with van der Waals surface area (Å²) in [6.07, 6.45) is -1.36. The van der Waals surface area contributed by atoms with Crippen LogP contribution in [-0.2, 0) is 12.6 Å². The molecule has 2 aromatic carbocycles. The van der Waals surface area contributed by atoms with Gasteiger partial charge in [0.1, 0.15) is 5.75 Å². The summed E-state index contributed by atoms with van der Waals surface area (Å²) < 4.78 is 46.4. The number of hydrogen-bond donors (Lipinski definition) is 1. The molecule has 5 rings (SSSR count). The molecule has 0 unspecified atom stereocenters. The Kier molecular flexibility index (Phi) is 4.09. The van der Waals surface area contributed by atoms with Crippen molar-refractivity contribution >= 4 is 5.69 Å². The first-order valence-electron chi connectivity index (χ1n) is 9.87. The number of anilines is 1. The van der Waals surface area contributed by atoms with E-state index >= 15 is 0 Å². The van der Waals surface area contributed by atoms with Crippen LogP contribution in [0, 0.1) is 0 Å². The number of benzene rings is 2. The summed E-state index contributed by atoms with van der Waals surface area (Å²) in [6.45, 7) is 2.95. The van der Waals surface area contributed by atoms with E-state index in [2.05, 4.69) is 10.2 Å². The molecule has 0 radical (unpaired) electrons. The Hall–Kier alpha value is -2.21. The van der Waals surface area contributed by atoms with Crippen LogP contribution in [0.25, 0.3) is 11.1 Å². The van der Waals surface area contributed by atoms with E-state index in [1.165, 1.54) is 23.9 Å². The summed E-state index contributed by atoms with van der Waals surface area (Å²) in [5, 5.41) is 3.47. The third-order valence-electron chi connectivity index (χ3n) is 6.44. The van der Waals surface area contributed by atoms with Crippen molar-refractivity contribution in [1.82, 2.24) is 5.32 Å². The lowest BCUT2D eigenvalue weighted by atomic mass is 9.86. The second-order valence-electron chi connectivity index (χ2n) is 7.95. The van der Waals surface area contributed by atoms with E-state index in [-0.39, 0.29) is 11.3 Å². The molecule has 1 fully saturated rings. The Bertz CT molecular complexity index is 925. The van der Waals surface area contributed by atoms with Gasteiger partial charge in [0.15, 0.2) is 0 Å². The minimum atomic E-state index is -4.43. The molecular formula is C22H23F3N2O. The van der Waals surface area contributed by atoms with Crippen LogP contribution in [0.2, 0.25) is 0 Å². The molecule has 3 nitrogen and oxygen atoms in total. The molecule has 3 aliphatic rings. The minimum absolute atomic E-state index is 0.223. The fraction of sp³-hybridized carbons (Fsp3) is 0.455. The standard InChI is InChI=1S/C22H23F3N2O/c1-28-15-4-5-16(19(11-15)22(23,24)25)14-9-13-3-2-8-27-20-6-7-26-12-18(20)17(10-14)21(13)27/h4-5,9-11,18,20,26H,2-3,6-8,12H2,1H3/t18-,20-/m1/s1. The predicted octanol–water partition coefficient (Wildman–Crippen LogP) is 4.59. The lowest BCUT2D eigenvalue weighted by Gasteiger charge is -2.36. The van der Waals surface area contributed by atoms with E-state index in [9.17, 15) is 13.2 Å². The van der Waals surface area contributed by atoms with Crippen LogP contribution in [0.1, 0.15) is 35.4 Å². The fourth-order valence-corrected chi connectivity index (χ4v) is 5.25. The lowest BCUT2D eigenvalue weighted by molar-refractivity contribution is -0.137. The first-order valence-corrected chi connectivity index (χ1v) is 9.87. The Morgan fingerprint density at radius 1 is 1.18 bits per heavy atom. The number of fused-ring (bicyclic) bond motifs is 3. The average Bonchev–Trinajstić information content (AvgIpc) is 3.03. The molecule has 1 N–H and O–H groups in total. The summed E-state index contributed by atoms with van der Waals surface area (Å²) >= 11 is 0. The van der Waals surface area contributed by atoms with Crippen molar-refractivity contribution in [2.24, 2.45) is 0 Å². The van der Waals surface area contributed by atoms with Gasteiger partial charge in [-0.1, -0.05) is 6.07 Å². The quantitative estimate of drug-likeness (QED) is 0.814. The molecule has 2 atom stereocenters. The zero-order valence-corrected chi connectivity index (χ0v) is 15.8.